The molecule has 3 rings (SSSR count). The second kappa shape index (κ2) is 11.1. The number of aryl methyl sites for hydroxylation is 1. The Morgan fingerprint density at radius 1 is 1.17 bits per heavy atom. The molecular formula is C22H30ClN5O. The van der Waals surface area contributed by atoms with E-state index in [4.69, 9.17) is 16.3 Å². The molecule has 2 N–H and O–H groups in total. The zero-order valence-corrected chi connectivity index (χ0v) is 18.0. The zero-order valence-electron chi connectivity index (χ0n) is 17.2. The van der Waals surface area contributed by atoms with Gasteiger partial charge in [-0.2, -0.15) is 0 Å². The van der Waals surface area contributed by atoms with Crippen molar-refractivity contribution in [1.82, 2.24) is 20.5 Å². The van der Waals surface area contributed by atoms with Crippen molar-refractivity contribution < 1.29 is 4.74 Å². The topological polar surface area (TPSA) is 61.8 Å². The molecule has 0 bridgehead atoms. The quantitative estimate of drug-likeness (QED) is 0.413. The standard InChI is InChI=1S/C22H30ClN5O/c1-17-3-6-19(7-4-17)20(28-11-13-29-14-12-28)16-27-22(24-2)25-10-9-18-5-8-21(23)26-15-18/h3-8,15,20H,9-14,16H2,1-2H3,(H2,24,25,27). The van der Waals surface area contributed by atoms with E-state index in [1.165, 1.54) is 11.1 Å². The number of halogens is 1. The highest BCUT2D eigenvalue weighted by atomic mass is 35.5. The first-order valence-corrected chi connectivity index (χ1v) is 10.5. The van der Waals surface area contributed by atoms with E-state index in [1.54, 1.807) is 7.05 Å². The van der Waals surface area contributed by atoms with Crippen LogP contribution in [-0.4, -0.2) is 62.3 Å². The highest BCUT2D eigenvalue weighted by Crippen LogP contribution is 2.21. The van der Waals surface area contributed by atoms with Gasteiger partial charge in [-0.15, -0.1) is 0 Å². The summed E-state index contributed by atoms with van der Waals surface area (Å²) in [4.78, 5) is 11.0. The van der Waals surface area contributed by atoms with Gasteiger partial charge >= 0.3 is 0 Å². The molecule has 0 aliphatic carbocycles. The molecule has 7 heteroatoms. The van der Waals surface area contributed by atoms with Crippen molar-refractivity contribution in [2.45, 2.75) is 19.4 Å². The Labute approximate surface area is 178 Å². The van der Waals surface area contributed by atoms with E-state index in [-0.39, 0.29) is 6.04 Å². The predicted octanol–water partition coefficient (Wildman–Crippen LogP) is 2.82. The molecule has 1 aromatic carbocycles. The van der Waals surface area contributed by atoms with Crippen LogP contribution in [0.1, 0.15) is 22.7 Å². The number of hydrogen-bond donors (Lipinski definition) is 2. The molecule has 1 fully saturated rings. The molecule has 1 unspecified atom stereocenters. The first kappa shape index (κ1) is 21.6. The third-order valence-electron chi connectivity index (χ3n) is 5.13. The Morgan fingerprint density at radius 3 is 2.59 bits per heavy atom. The van der Waals surface area contributed by atoms with Crippen LogP contribution < -0.4 is 10.6 Å². The molecule has 1 aliphatic heterocycles. The molecule has 0 radical (unpaired) electrons. The summed E-state index contributed by atoms with van der Waals surface area (Å²) in [5, 5.41) is 7.40. The minimum absolute atomic E-state index is 0.276. The zero-order chi connectivity index (χ0) is 20.5. The Hall–Kier alpha value is -2.15. The monoisotopic (exact) mass is 415 g/mol. The average molecular weight is 416 g/mol. The van der Waals surface area contributed by atoms with Crippen LogP contribution in [0.15, 0.2) is 47.6 Å². The van der Waals surface area contributed by atoms with Gasteiger partial charge in [-0.05, 0) is 30.5 Å². The molecule has 6 nitrogen and oxygen atoms in total. The summed E-state index contributed by atoms with van der Waals surface area (Å²) in [6.07, 6.45) is 2.67. The molecule has 156 valence electrons. The van der Waals surface area contributed by atoms with Crippen LogP contribution >= 0.6 is 11.6 Å². The van der Waals surface area contributed by atoms with Gasteiger partial charge in [0, 0.05) is 39.4 Å². The van der Waals surface area contributed by atoms with Crippen molar-refractivity contribution in [2.24, 2.45) is 4.99 Å². The first-order valence-electron chi connectivity index (χ1n) is 10.1. The van der Waals surface area contributed by atoms with Crippen molar-refractivity contribution in [2.75, 3.05) is 46.4 Å². The number of morpholine rings is 1. The summed E-state index contributed by atoms with van der Waals surface area (Å²) >= 11 is 5.84. The molecule has 0 saturated carbocycles. The summed E-state index contributed by atoms with van der Waals surface area (Å²) in [6, 6.07) is 12.9. The summed E-state index contributed by atoms with van der Waals surface area (Å²) in [7, 11) is 1.80. The highest BCUT2D eigenvalue weighted by molar-refractivity contribution is 6.29. The Kier molecular flexibility index (Phi) is 8.28. The number of rotatable bonds is 7. The molecule has 1 aromatic heterocycles. The first-order chi connectivity index (χ1) is 14.2. The van der Waals surface area contributed by atoms with Crippen molar-refractivity contribution >= 4 is 17.6 Å². The van der Waals surface area contributed by atoms with Gasteiger partial charge in [0.05, 0.1) is 19.3 Å². The van der Waals surface area contributed by atoms with Crippen LogP contribution in [-0.2, 0) is 11.2 Å². The minimum Gasteiger partial charge on any atom is -0.379 e. The second-order valence-electron chi connectivity index (χ2n) is 7.19. The summed E-state index contributed by atoms with van der Waals surface area (Å²) < 4.78 is 5.54. The number of guanidine groups is 1. The van der Waals surface area contributed by atoms with E-state index in [9.17, 15) is 0 Å². The van der Waals surface area contributed by atoms with Gasteiger partial charge in [0.15, 0.2) is 5.96 Å². The molecule has 2 aromatic rings. The maximum Gasteiger partial charge on any atom is 0.191 e. The Balaban J connectivity index is 1.56. The fraction of sp³-hybridized carbons (Fsp3) is 0.455. The predicted molar refractivity (Wildman–Crippen MR) is 119 cm³/mol. The molecule has 2 heterocycles. The number of nitrogens with one attached hydrogen (secondary N) is 2. The molecule has 0 amide bonds. The fourth-order valence-electron chi connectivity index (χ4n) is 3.43. The van der Waals surface area contributed by atoms with Crippen LogP contribution in [0.5, 0.6) is 0 Å². The minimum atomic E-state index is 0.276. The number of pyridine rings is 1. The Bertz CT molecular complexity index is 773. The van der Waals surface area contributed by atoms with Crippen molar-refractivity contribution in [3.63, 3.8) is 0 Å². The van der Waals surface area contributed by atoms with Gasteiger partial charge in [0.2, 0.25) is 0 Å². The van der Waals surface area contributed by atoms with Crippen LogP contribution in [0.3, 0.4) is 0 Å². The maximum atomic E-state index is 5.84. The number of aromatic nitrogens is 1. The van der Waals surface area contributed by atoms with E-state index < -0.39 is 0 Å². The highest BCUT2D eigenvalue weighted by Gasteiger charge is 2.22. The van der Waals surface area contributed by atoms with Crippen molar-refractivity contribution in [3.8, 4) is 0 Å². The molecule has 1 aliphatic rings. The van der Waals surface area contributed by atoms with E-state index in [1.807, 2.05) is 18.3 Å². The maximum absolute atomic E-state index is 5.84. The van der Waals surface area contributed by atoms with E-state index in [0.717, 1.165) is 57.3 Å². The van der Waals surface area contributed by atoms with Crippen LogP contribution in [0.2, 0.25) is 5.15 Å². The Morgan fingerprint density at radius 2 is 1.93 bits per heavy atom. The molecule has 0 spiro atoms. The van der Waals surface area contributed by atoms with E-state index >= 15 is 0 Å². The summed E-state index contributed by atoms with van der Waals surface area (Å²) in [5.74, 6) is 0.803. The number of hydrogen-bond acceptors (Lipinski definition) is 4. The van der Waals surface area contributed by atoms with Gasteiger partial charge in [0.1, 0.15) is 5.15 Å². The largest absolute Gasteiger partial charge is 0.379 e. The van der Waals surface area contributed by atoms with E-state index in [2.05, 4.69) is 56.7 Å². The second-order valence-corrected chi connectivity index (χ2v) is 7.58. The van der Waals surface area contributed by atoms with Crippen molar-refractivity contribution in [1.29, 1.82) is 0 Å². The average Bonchev–Trinajstić information content (AvgIpc) is 2.76. The van der Waals surface area contributed by atoms with Crippen LogP contribution in [0.4, 0.5) is 0 Å². The molecule has 1 atom stereocenters. The third kappa shape index (κ3) is 6.70. The molecular weight excluding hydrogens is 386 g/mol. The van der Waals surface area contributed by atoms with Gasteiger partial charge in [-0.1, -0.05) is 47.5 Å². The van der Waals surface area contributed by atoms with Gasteiger partial charge in [-0.3, -0.25) is 9.89 Å². The lowest BCUT2D eigenvalue weighted by Crippen LogP contribution is -2.46. The van der Waals surface area contributed by atoms with E-state index in [0.29, 0.717) is 5.15 Å². The SMILES string of the molecule is CN=C(NCCc1ccc(Cl)nc1)NCC(c1ccc(C)cc1)N1CCOCC1. The van der Waals surface area contributed by atoms with Crippen molar-refractivity contribution in [3.05, 3.63) is 64.4 Å². The normalized spacial score (nSPS) is 16.4. The van der Waals surface area contributed by atoms with Gasteiger partial charge in [0.25, 0.3) is 0 Å². The van der Waals surface area contributed by atoms with Gasteiger partial charge < -0.3 is 15.4 Å². The lowest BCUT2D eigenvalue weighted by atomic mass is 10.0. The number of aliphatic imine (C=N–C) groups is 1. The van der Waals surface area contributed by atoms with Gasteiger partial charge in [-0.25, -0.2) is 4.98 Å². The summed E-state index contributed by atoms with van der Waals surface area (Å²) in [6.45, 7) is 7.12. The number of ether oxygens (including phenoxy) is 1. The smallest absolute Gasteiger partial charge is 0.191 e. The molecule has 29 heavy (non-hydrogen) atoms. The number of benzene rings is 1. The fourth-order valence-corrected chi connectivity index (χ4v) is 3.54. The summed E-state index contributed by atoms with van der Waals surface area (Å²) in [5.41, 5.74) is 3.73. The third-order valence-corrected chi connectivity index (χ3v) is 5.35. The lowest BCUT2D eigenvalue weighted by Gasteiger charge is -2.35. The van der Waals surface area contributed by atoms with Crippen LogP contribution in [0.25, 0.3) is 0 Å². The molecule has 1 saturated heterocycles. The number of nitrogens with zero attached hydrogens (tertiary/aromatic N) is 3. The van der Waals surface area contributed by atoms with Crippen LogP contribution in [0, 0.1) is 6.92 Å². The lowest BCUT2D eigenvalue weighted by molar-refractivity contribution is 0.0170.